The second kappa shape index (κ2) is 11.8. The molecule has 0 saturated carbocycles. The molecule has 0 aliphatic carbocycles. The smallest absolute Gasteiger partial charge is 0.146 e. The topological polar surface area (TPSA) is 76.9 Å². The Hall–Kier alpha value is -2.70. The third kappa shape index (κ3) is 5.93. The Morgan fingerprint density at radius 3 is 2.40 bits per heavy atom. The number of rotatable bonds is 8. The van der Waals surface area contributed by atoms with E-state index in [1.807, 2.05) is 0 Å². The van der Waals surface area contributed by atoms with Crippen LogP contribution in [0.3, 0.4) is 0 Å². The third-order valence-corrected chi connectivity index (χ3v) is 7.17. The molecular formula is C27H36N6O2. The summed E-state index contributed by atoms with van der Waals surface area (Å²) in [6, 6.07) is 13.1. The van der Waals surface area contributed by atoms with E-state index in [0.717, 1.165) is 102 Å². The molecule has 2 aromatic rings. The van der Waals surface area contributed by atoms with Crippen molar-refractivity contribution < 1.29 is 9.47 Å². The van der Waals surface area contributed by atoms with E-state index >= 15 is 0 Å². The zero-order chi connectivity index (χ0) is 23.9. The average molecular weight is 477 g/mol. The van der Waals surface area contributed by atoms with E-state index in [-0.39, 0.29) is 0 Å². The van der Waals surface area contributed by atoms with E-state index < -0.39 is 0 Å². The Bertz CT molecular complexity index is 1010. The van der Waals surface area contributed by atoms with Crippen LogP contribution in [0.5, 0.6) is 0 Å². The number of ether oxygens (including phenoxy) is 2. The molecule has 0 unspecified atom stereocenters. The number of nitrogens with zero attached hydrogens (tertiary/aromatic N) is 5. The SMILES string of the molecule is N#Cc1c(NCCCN2CCOCC2)nc(N2CCOCC2)c2c1CCN(Cc1ccccc1)C2. The van der Waals surface area contributed by atoms with Gasteiger partial charge >= 0.3 is 0 Å². The van der Waals surface area contributed by atoms with Crippen LogP contribution in [-0.4, -0.2) is 87.0 Å². The van der Waals surface area contributed by atoms with Gasteiger partial charge in [0.25, 0.3) is 0 Å². The lowest BCUT2D eigenvalue weighted by molar-refractivity contribution is 0.0378. The normalized spacial score (nSPS) is 19.2. The molecule has 0 spiro atoms. The van der Waals surface area contributed by atoms with Gasteiger partial charge in [-0.2, -0.15) is 5.26 Å². The van der Waals surface area contributed by atoms with Gasteiger partial charge in [0.1, 0.15) is 17.7 Å². The predicted octanol–water partition coefficient (Wildman–Crippen LogP) is 2.48. The number of aromatic nitrogens is 1. The van der Waals surface area contributed by atoms with E-state index in [1.54, 1.807) is 0 Å². The summed E-state index contributed by atoms with van der Waals surface area (Å²) in [5.74, 6) is 1.77. The molecule has 1 N–H and O–H groups in total. The van der Waals surface area contributed by atoms with Crippen molar-refractivity contribution in [3.63, 3.8) is 0 Å². The van der Waals surface area contributed by atoms with Crippen LogP contribution in [0.15, 0.2) is 30.3 Å². The fraction of sp³-hybridized carbons (Fsp3) is 0.556. The summed E-state index contributed by atoms with van der Waals surface area (Å²) in [6.45, 7) is 11.3. The first kappa shape index (κ1) is 24.0. The lowest BCUT2D eigenvalue weighted by atomic mass is 9.94. The minimum atomic E-state index is 0.715. The lowest BCUT2D eigenvalue weighted by Crippen LogP contribution is -2.40. The van der Waals surface area contributed by atoms with Crippen LogP contribution in [0.4, 0.5) is 11.6 Å². The van der Waals surface area contributed by atoms with Gasteiger partial charge in [0.05, 0.1) is 32.0 Å². The van der Waals surface area contributed by atoms with E-state index in [0.29, 0.717) is 13.2 Å². The summed E-state index contributed by atoms with van der Waals surface area (Å²) < 4.78 is 11.1. The largest absolute Gasteiger partial charge is 0.379 e. The quantitative estimate of drug-likeness (QED) is 0.583. The van der Waals surface area contributed by atoms with Gasteiger partial charge < -0.3 is 19.7 Å². The molecule has 2 fully saturated rings. The first-order chi connectivity index (χ1) is 17.3. The Balaban J connectivity index is 1.35. The molecule has 8 nitrogen and oxygen atoms in total. The van der Waals surface area contributed by atoms with Crippen LogP contribution in [0, 0.1) is 11.3 Å². The molecule has 8 heteroatoms. The summed E-state index contributed by atoms with van der Waals surface area (Å²) in [7, 11) is 0. The molecule has 1 aromatic carbocycles. The first-order valence-corrected chi connectivity index (χ1v) is 12.9. The minimum absolute atomic E-state index is 0.715. The zero-order valence-electron chi connectivity index (χ0n) is 20.5. The van der Waals surface area contributed by atoms with Crippen molar-refractivity contribution in [3.05, 3.63) is 52.6 Å². The van der Waals surface area contributed by atoms with Gasteiger partial charge in [-0.05, 0) is 30.5 Å². The molecule has 1 aromatic heterocycles. The Morgan fingerprint density at radius 2 is 1.66 bits per heavy atom. The molecule has 0 atom stereocenters. The monoisotopic (exact) mass is 476 g/mol. The van der Waals surface area contributed by atoms with Crippen LogP contribution in [0.25, 0.3) is 0 Å². The van der Waals surface area contributed by atoms with Gasteiger partial charge in [0.15, 0.2) is 0 Å². The highest BCUT2D eigenvalue weighted by Gasteiger charge is 2.28. The summed E-state index contributed by atoms with van der Waals surface area (Å²) in [6.07, 6.45) is 1.88. The zero-order valence-corrected chi connectivity index (χ0v) is 20.5. The predicted molar refractivity (Wildman–Crippen MR) is 137 cm³/mol. The third-order valence-electron chi connectivity index (χ3n) is 7.17. The standard InChI is InChI=1S/C27H36N6O2/c28-19-24-23-7-10-32(20-22-5-2-1-3-6-22)21-25(23)27(33-13-17-35-18-14-33)30-26(24)29-8-4-9-31-11-15-34-16-12-31/h1-3,5-6H,4,7-18,20-21H2,(H,29,30). The molecule has 0 amide bonds. The second-order valence-corrected chi connectivity index (χ2v) is 9.51. The second-order valence-electron chi connectivity index (χ2n) is 9.51. The fourth-order valence-corrected chi connectivity index (χ4v) is 5.27. The molecule has 2 saturated heterocycles. The Labute approximate surface area is 208 Å². The number of pyridine rings is 1. The van der Waals surface area contributed by atoms with Crippen molar-refractivity contribution in [2.75, 3.05) is 82.5 Å². The molecule has 0 bridgehead atoms. The summed E-state index contributed by atoms with van der Waals surface area (Å²) in [5.41, 5.74) is 4.42. The lowest BCUT2D eigenvalue weighted by Gasteiger charge is -2.35. The van der Waals surface area contributed by atoms with Gasteiger partial charge in [-0.25, -0.2) is 4.98 Å². The number of hydrogen-bond donors (Lipinski definition) is 1. The maximum Gasteiger partial charge on any atom is 0.146 e. The summed E-state index contributed by atoms with van der Waals surface area (Å²) >= 11 is 0. The Kier molecular flexibility index (Phi) is 8.11. The molecular weight excluding hydrogens is 440 g/mol. The maximum atomic E-state index is 10.1. The number of nitriles is 1. The van der Waals surface area contributed by atoms with Gasteiger partial charge in [0.2, 0.25) is 0 Å². The molecule has 3 aliphatic heterocycles. The van der Waals surface area contributed by atoms with Crippen LogP contribution >= 0.6 is 0 Å². The molecule has 5 rings (SSSR count). The number of nitrogens with one attached hydrogen (secondary N) is 1. The highest BCUT2D eigenvalue weighted by Crippen LogP contribution is 2.34. The van der Waals surface area contributed by atoms with Gasteiger partial charge in [-0.15, -0.1) is 0 Å². The maximum absolute atomic E-state index is 10.1. The summed E-state index contributed by atoms with van der Waals surface area (Å²) in [5, 5.41) is 13.7. The summed E-state index contributed by atoms with van der Waals surface area (Å²) in [4.78, 5) is 12.3. The van der Waals surface area contributed by atoms with Crippen molar-refractivity contribution in [1.29, 1.82) is 5.26 Å². The number of fused-ring (bicyclic) bond motifs is 1. The van der Waals surface area contributed by atoms with Gasteiger partial charge in [-0.3, -0.25) is 9.80 Å². The van der Waals surface area contributed by atoms with Crippen molar-refractivity contribution in [2.24, 2.45) is 0 Å². The van der Waals surface area contributed by atoms with E-state index in [1.165, 1.54) is 16.7 Å². The number of anilines is 2. The Morgan fingerprint density at radius 1 is 0.914 bits per heavy atom. The van der Waals surface area contributed by atoms with Crippen molar-refractivity contribution in [1.82, 2.24) is 14.8 Å². The van der Waals surface area contributed by atoms with Gasteiger partial charge in [0, 0.05) is 57.9 Å². The van der Waals surface area contributed by atoms with E-state index in [2.05, 4.69) is 56.4 Å². The van der Waals surface area contributed by atoms with Crippen LogP contribution in [0.2, 0.25) is 0 Å². The number of hydrogen-bond acceptors (Lipinski definition) is 8. The minimum Gasteiger partial charge on any atom is -0.379 e. The van der Waals surface area contributed by atoms with Gasteiger partial charge in [-0.1, -0.05) is 30.3 Å². The van der Waals surface area contributed by atoms with E-state index in [4.69, 9.17) is 14.5 Å². The first-order valence-electron chi connectivity index (χ1n) is 12.9. The van der Waals surface area contributed by atoms with Crippen molar-refractivity contribution in [2.45, 2.75) is 25.9 Å². The highest BCUT2D eigenvalue weighted by molar-refractivity contribution is 5.67. The highest BCUT2D eigenvalue weighted by atomic mass is 16.5. The molecule has 0 radical (unpaired) electrons. The molecule has 4 heterocycles. The number of benzene rings is 1. The molecule has 186 valence electrons. The van der Waals surface area contributed by atoms with Crippen molar-refractivity contribution >= 4 is 11.6 Å². The van der Waals surface area contributed by atoms with E-state index in [9.17, 15) is 5.26 Å². The molecule has 35 heavy (non-hydrogen) atoms. The number of morpholine rings is 2. The average Bonchev–Trinajstić information content (AvgIpc) is 2.92. The van der Waals surface area contributed by atoms with Crippen LogP contribution in [-0.2, 0) is 29.0 Å². The van der Waals surface area contributed by atoms with Crippen LogP contribution in [0.1, 0.15) is 28.7 Å². The molecule has 3 aliphatic rings. The van der Waals surface area contributed by atoms with Crippen LogP contribution < -0.4 is 10.2 Å². The van der Waals surface area contributed by atoms with Crippen molar-refractivity contribution in [3.8, 4) is 6.07 Å². The fourth-order valence-electron chi connectivity index (χ4n) is 5.27.